The third-order valence-corrected chi connectivity index (χ3v) is 5.88. The zero-order valence-corrected chi connectivity index (χ0v) is 19.7. The van der Waals surface area contributed by atoms with E-state index in [1.54, 1.807) is 42.3 Å². The van der Waals surface area contributed by atoms with Crippen LogP contribution in [0.2, 0.25) is 0 Å². The summed E-state index contributed by atoms with van der Waals surface area (Å²) in [6.45, 7) is 1.83. The van der Waals surface area contributed by atoms with Gasteiger partial charge in [-0.05, 0) is 43.2 Å². The molecule has 0 aliphatic carbocycles. The lowest BCUT2D eigenvalue weighted by Gasteiger charge is -2.26. The van der Waals surface area contributed by atoms with Gasteiger partial charge in [-0.15, -0.1) is 13.2 Å². The van der Waals surface area contributed by atoms with Gasteiger partial charge in [0.1, 0.15) is 23.4 Å². The minimum absolute atomic E-state index is 0.0371. The second kappa shape index (κ2) is 10.1. The van der Waals surface area contributed by atoms with E-state index in [1.807, 2.05) is 0 Å². The van der Waals surface area contributed by atoms with Crippen LogP contribution in [0.5, 0.6) is 5.75 Å². The Kier molecular flexibility index (Phi) is 7.07. The van der Waals surface area contributed by atoms with Crippen molar-refractivity contribution >= 4 is 11.5 Å². The third kappa shape index (κ3) is 5.54. The summed E-state index contributed by atoms with van der Waals surface area (Å²) in [4.78, 5) is 32.5. The zero-order chi connectivity index (χ0) is 26.0. The topological polar surface area (TPSA) is 102 Å². The molecule has 0 bridgehead atoms. The fourth-order valence-corrected chi connectivity index (χ4v) is 4.19. The molecule has 12 heteroatoms. The number of rotatable bonds is 8. The van der Waals surface area contributed by atoms with E-state index in [0.29, 0.717) is 17.1 Å². The summed E-state index contributed by atoms with van der Waals surface area (Å²) in [6, 6.07) is 11.0. The largest absolute Gasteiger partial charge is 0.573 e. The molecule has 2 atom stereocenters. The molecule has 1 aliphatic heterocycles. The molecule has 36 heavy (non-hydrogen) atoms. The van der Waals surface area contributed by atoms with Crippen molar-refractivity contribution in [3.05, 3.63) is 80.8 Å². The van der Waals surface area contributed by atoms with Crippen LogP contribution in [0.3, 0.4) is 0 Å². The van der Waals surface area contributed by atoms with Gasteiger partial charge in [-0.3, -0.25) is 18.9 Å². The van der Waals surface area contributed by atoms with E-state index in [2.05, 4.69) is 15.0 Å². The molecule has 3 aromatic rings. The maximum atomic E-state index is 13.5. The van der Waals surface area contributed by atoms with Crippen molar-refractivity contribution in [2.75, 3.05) is 10.2 Å². The van der Waals surface area contributed by atoms with Gasteiger partial charge in [0.25, 0.3) is 5.56 Å². The van der Waals surface area contributed by atoms with Crippen LogP contribution in [0.15, 0.2) is 58.3 Å². The number of hydrogen-bond donors (Lipinski definition) is 2. The molecule has 0 saturated heterocycles. The van der Waals surface area contributed by atoms with E-state index in [0.717, 1.165) is 4.57 Å². The molecule has 1 aliphatic rings. The summed E-state index contributed by atoms with van der Waals surface area (Å²) in [5.74, 6) is -0.0402. The Balaban J connectivity index is 1.73. The van der Waals surface area contributed by atoms with Crippen LogP contribution in [-0.2, 0) is 26.6 Å². The molecular weight excluding hydrogens is 479 g/mol. The number of anilines is 2. The van der Waals surface area contributed by atoms with Gasteiger partial charge >= 0.3 is 12.1 Å². The van der Waals surface area contributed by atoms with Crippen molar-refractivity contribution in [2.24, 2.45) is 7.05 Å². The average Bonchev–Trinajstić information content (AvgIpc) is 3.15. The Bertz CT molecular complexity index is 1340. The minimum atomic E-state index is -4.82. The number of aromatic nitrogens is 3. The Labute approximate surface area is 204 Å². The highest BCUT2D eigenvalue weighted by Gasteiger charge is 2.36. The van der Waals surface area contributed by atoms with Crippen LogP contribution in [0, 0.1) is 0 Å². The number of aliphatic hydroxyl groups is 1. The summed E-state index contributed by atoms with van der Waals surface area (Å²) >= 11 is 0. The van der Waals surface area contributed by atoms with Gasteiger partial charge < -0.3 is 20.1 Å². The van der Waals surface area contributed by atoms with E-state index >= 15 is 0 Å². The van der Waals surface area contributed by atoms with Gasteiger partial charge in [0.05, 0.1) is 18.3 Å². The fourth-order valence-electron chi connectivity index (χ4n) is 4.19. The van der Waals surface area contributed by atoms with Crippen LogP contribution in [-0.4, -0.2) is 37.9 Å². The van der Waals surface area contributed by atoms with Crippen LogP contribution < -0.4 is 26.2 Å². The van der Waals surface area contributed by atoms with Crippen molar-refractivity contribution in [1.82, 2.24) is 14.1 Å². The first-order valence-corrected chi connectivity index (χ1v) is 11.3. The van der Waals surface area contributed by atoms with E-state index in [9.17, 15) is 27.9 Å². The molecule has 0 amide bonds. The molecule has 1 aromatic carbocycles. The maximum absolute atomic E-state index is 13.5. The predicted octanol–water partition coefficient (Wildman–Crippen LogP) is 2.61. The Morgan fingerprint density at radius 1 is 1.19 bits per heavy atom. The van der Waals surface area contributed by atoms with E-state index < -0.39 is 29.9 Å². The van der Waals surface area contributed by atoms with Gasteiger partial charge in [-0.2, -0.15) is 0 Å². The molecule has 9 nitrogen and oxygen atoms in total. The SMILES string of the molecule is CC(O)CCn1c(=O)c2c(n(C)c1=O)NC(Cc1cccc(OC(F)(F)F)c1)N2Cc1ccccn1. The fraction of sp³-hybridized carbons (Fsp3) is 0.375. The Morgan fingerprint density at radius 2 is 1.97 bits per heavy atom. The molecule has 2 unspecified atom stereocenters. The van der Waals surface area contributed by atoms with Crippen LogP contribution in [0.25, 0.3) is 0 Å². The number of nitrogens with one attached hydrogen (secondary N) is 1. The lowest BCUT2D eigenvalue weighted by molar-refractivity contribution is -0.274. The van der Waals surface area contributed by atoms with Gasteiger partial charge in [0.15, 0.2) is 0 Å². The Morgan fingerprint density at radius 3 is 2.64 bits per heavy atom. The molecule has 0 spiro atoms. The van der Waals surface area contributed by atoms with Crippen molar-refractivity contribution in [3.8, 4) is 5.75 Å². The average molecular weight is 505 g/mol. The van der Waals surface area contributed by atoms with E-state index in [1.165, 1.54) is 29.8 Å². The molecule has 2 N–H and O–H groups in total. The third-order valence-electron chi connectivity index (χ3n) is 5.88. The monoisotopic (exact) mass is 505 g/mol. The smallest absolute Gasteiger partial charge is 0.406 e. The first kappa shape index (κ1) is 25.3. The molecule has 192 valence electrons. The van der Waals surface area contributed by atoms with Gasteiger partial charge in [0, 0.05) is 26.2 Å². The van der Waals surface area contributed by atoms with Crippen LogP contribution in [0.4, 0.5) is 24.7 Å². The standard InChI is InChI=1S/C24H26F3N5O4/c1-15(33)9-11-31-22(34)20-21(30(2)23(31)35)29-19(32(20)14-17-7-3-4-10-28-17)13-16-6-5-8-18(12-16)36-24(25,26)27/h3-8,10,12,15,19,29,33H,9,11,13-14H2,1-2H3. The Hall–Kier alpha value is -3.80. The highest BCUT2D eigenvalue weighted by atomic mass is 19.4. The first-order chi connectivity index (χ1) is 17.0. The number of alkyl halides is 3. The number of nitrogens with zero attached hydrogens (tertiary/aromatic N) is 4. The summed E-state index contributed by atoms with van der Waals surface area (Å²) in [5.41, 5.74) is 0.392. The summed E-state index contributed by atoms with van der Waals surface area (Å²) in [5, 5.41) is 12.9. The maximum Gasteiger partial charge on any atom is 0.573 e. The number of hydrogen-bond acceptors (Lipinski definition) is 7. The lowest BCUT2D eigenvalue weighted by Crippen LogP contribution is -2.42. The first-order valence-electron chi connectivity index (χ1n) is 11.3. The number of halogens is 3. The molecule has 4 rings (SSSR count). The number of benzene rings is 1. The number of aliphatic hydroxyl groups excluding tert-OH is 1. The van der Waals surface area contributed by atoms with Crippen molar-refractivity contribution in [1.29, 1.82) is 0 Å². The molecule has 0 saturated carbocycles. The number of fused-ring (bicyclic) bond motifs is 1. The molecule has 0 radical (unpaired) electrons. The van der Waals surface area contributed by atoms with E-state index in [-0.39, 0.29) is 37.4 Å². The second-order valence-corrected chi connectivity index (χ2v) is 8.64. The summed E-state index contributed by atoms with van der Waals surface area (Å²) in [6.07, 6.45) is -4.03. The summed E-state index contributed by atoms with van der Waals surface area (Å²) < 4.78 is 44.6. The quantitative estimate of drug-likeness (QED) is 0.485. The highest BCUT2D eigenvalue weighted by Crippen LogP contribution is 2.33. The van der Waals surface area contributed by atoms with Gasteiger partial charge in [0.2, 0.25) is 0 Å². The molecule has 3 heterocycles. The highest BCUT2D eigenvalue weighted by molar-refractivity contribution is 5.72. The van der Waals surface area contributed by atoms with Crippen molar-refractivity contribution < 1.29 is 23.0 Å². The normalized spacial score (nSPS) is 15.9. The van der Waals surface area contributed by atoms with Gasteiger partial charge in [-0.25, -0.2) is 4.79 Å². The molecular formula is C24H26F3N5O4. The van der Waals surface area contributed by atoms with E-state index in [4.69, 9.17) is 0 Å². The summed E-state index contributed by atoms with van der Waals surface area (Å²) in [7, 11) is 1.53. The second-order valence-electron chi connectivity index (χ2n) is 8.64. The van der Waals surface area contributed by atoms with Crippen molar-refractivity contribution in [3.63, 3.8) is 0 Å². The molecule has 0 fully saturated rings. The number of pyridine rings is 1. The zero-order valence-electron chi connectivity index (χ0n) is 19.7. The van der Waals surface area contributed by atoms with Crippen LogP contribution >= 0.6 is 0 Å². The predicted molar refractivity (Wildman–Crippen MR) is 127 cm³/mol. The molecule has 2 aromatic heterocycles. The number of ether oxygens (including phenoxy) is 1. The van der Waals surface area contributed by atoms with Crippen LogP contribution in [0.1, 0.15) is 24.6 Å². The van der Waals surface area contributed by atoms with Gasteiger partial charge in [-0.1, -0.05) is 18.2 Å². The minimum Gasteiger partial charge on any atom is -0.406 e. The lowest BCUT2D eigenvalue weighted by atomic mass is 10.1. The van der Waals surface area contributed by atoms with Crippen molar-refractivity contribution in [2.45, 2.75) is 51.5 Å².